The molecule has 2 aromatic rings. The number of carbonyl (C=O) groups excluding carboxylic acids is 1. The fourth-order valence-corrected chi connectivity index (χ4v) is 2.68. The van der Waals surface area contributed by atoms with Crippen LogP contribution in [0, 0.1) is 5.92 Å². The molecule has 0 unspecified atom stereocenters. The lowest BCUT2D eigenvalue weighted by molar-refractivity contribution is 0.0939. The first-order chi connectivity index (χ1) is 9.72. The Hall–Kier alpha value is -1.88. The molecule has 106 valence electrons. The van der Waals surface area contributed by atoms with Gasteiger partial charge in [0.2, 0.25) is 0 Å². The lowest BCUT2D eigenvalue weighted by Gasteiger charge is -2.28. The minimum Gasteiger partial charge on any atom is -0.352 e. The van der Waals surface area contributed by atoms with E-state index in [9.17, 15) is 4.79 Å². The van der Waals surface area contributed by atoms with Gasteiger partial charge >= 0.3 is 0 Å². The van der Waals surface area contributed by atoms with Crippen LogP contribution in [0.15, 0.2) is 24.4 Å². The highest BCUT2D eigenvalue weighted by Gasteiger charge is 2.17. The molecule has 0 saturated carbocycles. The molecule has 20 heavy (non-hydrogen) atoms. The van der Waals surface area contributed by atoms with Crippen molar-refractivity contribution in [2.45, 2.75) is 12.8 Å². The second kappa shape index (κ2) is 5.63. The highest BCUT2D eigenvalue weighted by molar-refractivity contribution is 5.97. The molecule has 1 aliphatic rings. The zero-order valence-corrected chi connectivity index (χ0v) is 11.7. The summed E-state index contributed by atoms with van der Waals surface area (Å²) >= 11 is 0. The number of H-pyrrole nitrogens is 1. The van der Waals surface area contributed by atoms with Crippen molar-refractivity contribution in [3.05, 3.63) is 30.0 Å². The molecule has 2 heterocycles. The second-order valence-electron chi connectivity index (χ2n) is 5.63. The zero-order valence-electron chi connectivity index (χ0n) is 11.7. The predicted molar refractivity (Wildman–Crippen MR) is 78.6 cm³/mol. The fourth-order valence-electron chi connectivity index (χ4n) is 2.68. The third-order valence-electron chi connectivity index (χ3n) is 4.09. The van der Waals surface area contributed by atoms with Crippen LogP contribution in [0.25, 0.3) is 10.9 Å². The van der Waals surface area contributed by atoms with E-state index in [4.69, 9.17) is 0 Å². The van der Waals surface area contributed by atoms with E-state index >= 15 is 0 Å². The van der Waals surface area contributed by atoms with Crippen LogP contribution in [0.4, 0.5) is 0 Å². The summed E-state index contributed by atoms with van der Waals surface area (Å²) in [5.74, 6) is 0.603. The minimum absolute atomic E-state index is 0.000396. The monoisotopic (exact) mass is 272 g/mol. The van der Waals surface area contributed by atoms with Gasteiger partial charge in [-0.1, -0.05) is 6.07 Å². The minimum atomic E-state index is 0.000396. The van der Waals surface area contributed by atoms with E-state index in [2.05, 4.69) is 27.5 Å². The number of aromatic amines is 1. The lowest BCUT2D eigenvalue weighted by atomic mass is 9.97. The first-order valence-corrected chi connectivity index (χ1v) is 7.12. The molecule has 0 atom stereocenters. The molecule has 0 bridgehead atoms. The fraction of sp³-hybridized carbons (Fsp3) is 0.467. The van der Waals surface area contributed by atoms with Crippen molar-refractivity contribution in [2.24, 2.45) is 5.92 Å². The van der Waals surface area contributed by atoms with Crippen molar-refractivity contribution < 1.29 is 4.79 Å². The van der Waals surface area contributed by atoms with Gasteiger partial charge < -0.3 is 10.2 Å². The van der Waals surface area contributed by atoms with Gasteiger partial charge in [0.05, 0.1) is 11.7 Å². The van der Waals surface area contributed by atoms with E-state index in [0.717, 1.165) is 43.4 Å². The van der Waals surface area contributed by atoms with E-state index in [1.54, 1.807) is 6.20 Å². The van der Waals surface area contributed by atoms with Crippen LogP contribution in [-0.2, 0) is 0 Å². The van der Waals surface area contributed by atoms with Gasteiger partial charge in [-0.3, -0.25) is 9.89 Å². The molecule has 5 nitrogen and oxygen atoms in total. The number of rotatable bonds is 3. The third-order valence-corrected chi connectivity index (χ3v) is 4.09. The standard InChI is InChI=1S/C15H20N4O/c1-19-6-4-11(5-7-19)9-16-15(20)12-2-3-13-10-17-18-14(13)8-12/h2-3,8,10-11H,4-7,9H2,1H3,(H,16,20)(H,17,18). The van der Waals surface area contributed by atoms with Gasteiger partial charge in [0, 0.05) is 17.5 Å². The molecule has 1 saturated heterocycles. The lowest BCUT2D eigenvalue weighted by Crippen LogP contribution is -2.36. The largest absolute Gasteiger partial charge is 0.352 e. The number of aromatic nitrogens is 2. The maximum Gasteiger partial charge on any atom is 0.251 e. The smallest absolute Gasteiger partial charge is 0.251 e. The molecule has 1 aliphatic heterocycles. The van der Waals surface area contributed by atoms with Gasteiger partial charge in [0.15, 0.2) is 0 Å². The van der Waals surface area contributed by atoms with Crippen LogP contribution in [0.5, 0.6) is 0 Å². The molecule has 1 aromatic carbocycles. The number of fused-ring (bicyclic) bond motifs is 1. The summed E-state index contributed by atoms with van der Waals surface area (Å²) in [6.07, 6.45) is 4.09. The highest BCUT2D eigenvalue weighted by Crippen LogP contribution is 2.16. The van der Waals surface area contributed by atoms with E-state index in [-0.39, 0.29) is 5.91 Å². The Kier molecular flexibility index (Phi) is 3.69. The summed E-state index contributed by atoms with van der Waals surface area (Å²) in [5.41, 5.74) is 1.59. The van der Waals surface area contributed by atoms with Gasteiger partial charge in [-0.2, -0.15) is 5.10 Å². The average molecular weight is 272 g/mol. The van der Waals surface area contributed by atoms with E-state index in [0.29, 0.717) is 11.5 Å². The molecule has 1 fully saturated rings. The summed E-state index contributed by atoms with van der Waals surface area (Å²) in [4.78, 5) is 14.5. The van der Waals surface area contributed by atoms with Gasteiger partial charge in [-0.05, 0) is 51.0 Å². The van der Waals surface area contributed by atoms with Crippen LogP contribution in [0.1, 0.15) is 23.2 Å². The first kappa shape index (κ1) is 13.1. The van der Waals surface area contributed by atoms with Gasteiger partial charge in [-0.15, -0.1) is 0 Å². The molecule has 2 N–H and O–H groups in total. The van der Waals surface area contributed by atoms with E-state index < -0.39 is 0 Å². The molecule has 0 radical (unpaired) electrons. The molecule has 5 heteroatoms. The summed E-state index contributed by atoms with van der Waals surface area (Å²) < 4.78 is 0. The zero-order chi connectivity index (χ0) is 13.9. The van der Waals surface area contributed by atoms with Crippen molar-refractivity contribution in [1.29, 1.82) is 0 Å². The number of piperidine rings is 1. The summed E-state index contributed by atoms with van der Waals surface area (Å²) in [5, 5.41) is 10.9. The Labute approximate surface area is 118 Å². The van der Waals surface area contributed by atoms with Crippen LogP contribution in [0.2, 0.25) is 0 Å². The quantitative estimate of drug-likeness (QED) is 0.893. The van der Waals surface area contributed by atoms with Crippen LogP contribution in [0.3, 0.4) is 0 Å². The number of hydrogen-bond donors (Lipinski definition) is 2. The van der Waals surface area contributed by atoms with E-state index in [1.165, 1.54) is 0 Å². The topological polar surface area (TPSA) is 61.0 Å². The van der Waals surface area contributed by atoms with Crippen molar-refractivity contribution in [3.8, 4) is 0 Å². The van der Waals surface area contributed by atoms with Crippen molar-refractivity contribution in [1.82, 2.24) is 20.4 Å². The number of carbonyl (C=O) groups is 1. The molecule has 3 rings (SSSR count). The average Bonchev–Trinajstić information content (AvgIpc) is 2.93. The van der Waals surface area contributed by atoms with Crippen LogP contribution < -0.4 is 5.32 Å². The number of nitrogens with one attached hydrogen (secondary N) is 2. The number of amides is 1. The van der Waals surface area contributed by atoms with Crippen LogP contribution >= 0.6 is 0 Å². The molecule has 0 spiro atoms. The number of benzene rings is 1. The highest BCUT2D eigenvalue weighted by atomic mass is 16.1. The maximum atomic E-state index is 12.2. The Balaban J connectivity index is 1.58. The summed E-state index contributed by atoms with van der Waals surface area (Å²) in [6, 6.07) is 5.62. The number of hydrogen-bond acceptors (Lipinski definition) is 3. The summed E-state index contributed by atoms with van der Waals surface area (Å²) in [6.45, 7) is 3.02. The Bertz CT molecular complexity index is 599. The molecular formula is C15H20N4O. The molecule has 0 aliphatic carbocycles. The van der Waals surface area contributed by atoms with Crippen molar-refractivity contribution in [3.63, 3.8) is 0 Å². The summed E-state index contributed by atoms with van der Waals surface area (Å²) in [7, 11) is 2.15. The van der Waals surface area contributed by atoms with Crippen molar-refractivity contribution in [2.75, 3.05) is 26.7 Å². The predicted octanol–water partition coefficient (Wildman–Crippen LogP) is 1.63. The Morgan fingerprint density at radius 3 is 3.05 bits per heavy atom. The Morgan fingerprint density at radius 1 is 1.45 bits per heavy atom. The van der Waals surface area contributed by atoms with Crippen LogP contribution in [-0.4, -0.2) is 47.7 Å². The van der Waals surface area contributed by atoms with Gasteiger partial charge in [0.1, 0.15) is 0 Å². The normalized spacial score (nSPS) is 17.4. The van der Waals surface area contributed by atoms with E-state index in [1.807, 2.05) is 18.2 Å². The first-order valence-electron chi connectivity index (χ1n) is 7.12. The second-order valence-corrected chi connectivity index (χ2v) is 5.63. The third kappa shape index (κ3) is 2.82. The van der Waals surface area contributed by atoms with Crippen molar-refractivity contribution >= 4 is 16.8 Å². The molecule has 1 aromatic heterocycles. The molecular weight excluding hydrogens is 252 g/mol. The number of nitrogens with zero attached hydrogens (tertiary/aromatic N) is 2. The van der Waals surface area contributed by atoms with Gasteiger partial charge in [-0.25, -0.2) is 0 Å². The Morgan fingerprint density at radius 2 is 2.25 bits per heavy atom. The molecule has 1 amide bonds. The van der Waals surface area contributed by atoms with Gasteiger partial charge in [0.25, 0.3) is 5.91 Å². The number of likely N-dealkylation sites (tertiary alicyclic amines) is 1. The maximum absolute atomic E-state index is 12.2. The SMILES string of the molecule is CN1CCC(CNC(=O)c2ccc3cn[nH]c3c2)CC1.